The van der Waals surface area contributed by atoms with Crippen LogP contribution >= 0.6 is 27.3 Å². The molecule has 35 heavy (non-hydrogen) atoms. The molecule has 1 aliphatic heterocycles. The SMILES string of the molecule is CC1(F)CN(C(=O)Cn2cnc3sc(C#Cc4ccccc4)c(-c4ccc(F)c(Br)c4)c3c2=O)C1. The first-order valence-electron chi connectivity index (χ1n) is 10.7. The molecule has 0 unspecified atom stereocenters. The molecule has 0 spiro atoms. The van der Waals surface area contributed by atoms with Crippen LogP contribution in [0.1, 0.15) is 17.4 Å². The Morgan fingerprint density at radius 1 is 1.20 bits per heavy atom. The van der Waals surface area contributed by atoms with Crippen LogP contribution in [0, 0.1) is 17.7 Å². The minimum atomic E-state index is -1.40. The van der Waals surface area contributed by atoms with Crippen molar-refractivity contribution >= 4 is 43.4 Å². The smallest absolute Gasteiger partial charge is 0.263 e. The van der Waals surface area contributed by atoms with Crippen LogP contribution in [-0.2, 0) is 11.3 Å². The zero-order valence-corrected chi connectivity index (χ0v) is 20.9. The third kappa shape index (κ3) is 4.64. The summed E-state index contributed by atoms with van der Waals surface area (Å²) in [7, 11) is 0. The van der Waals surface area contributed by atoms with Crippen LogP contribution < -0.4 is 5.56 Å². The Morgan fingerprint density at radius 3 is 2.63 bits per heavy atom. The highest BCUT2D eigenvalue weighted by atomic mass is 79.9. The number of nitrogens with zero attached hydrogens (tertiary/aromatic N) is 3. The summed E-state index contributed by atoms with van der Waals surface area (Å²) in [6, 6.07) is 13.9. The van der Waals surface area contributed by atoms with Crippen LogP contribution in [0.25, 0.3) is 21.3 Å². The van der Waals surface area contributed by atoms with Gasteiger partial charge in [-0.15, -0.1) is 11.3 Å². The molecule has 5 rings (SSSR count). The lowest BCUT2D eigenvalue weighted by molar-refractivity contribution is -0.144. The van der Waals surface area contributed by atoms with E-state index >= 15 is 0 Å². The highest BCUT2D eigenvalue weighted by molar-refractivity contribution is 9.10. The fraction of sp³-hybridized carbons (Fsp3) is 0.192. The van der Waals surface area contributed by atoms with Crippen molar-refractivity contribution in [3.05, 3.63) is 85.9 Å². The molecular weight excluding hydrogens is 536 g/mol. The van der Waals surface area contributed by atoms with Gasteiger partial charge in [-0.1, -0.05) is 30.2 Å². The number of likely N-dealkylation sites (tertiary alicyclic amines) is 1. The predicted molar refractivity (Wildman–Crippen MR) is 135 cm³/mol. The molecule has 0 N–H and O–H groups in total. The average molecular weight is 554 g/mol. The highest BCUT2D eigenvalue weighted by Crippen LogP contribution is 2.37. The van der Waals surface area contributed by atoms with Gasteiger partial charge in [0.05, 0.1) is 34.2 Å². The van der Waals surface area contributed by atoms with Crippen molar-refractivity contribution in [2.24, 2.45) is 0 Å². The van der Waals surface area contributed by atoms with E-state index in [0.29, 0.717) is 26.2 Å². The van der Waals surface area contributed by atoms with Gasteiger partial charge in [0.15, 0.2) is 0 Å². The number of halogens is 3. The van der Waals surface area contributed by atoms with Crippen molar-refractivity contribution in [1.82, 2.24) is 14.5 Å². The Morgan fingerprint density at radius 2 is 1.94 bits per heavy atom. The van der Waals surface area contributed by atoms with Gasteiger partial charge < -0.3 is 4.90 Å². The van der Waals surface area contributed by atoms with E-state index in [9.17, 15) is 18.4 Å². The van der Waals surface area contributed by atoms with Crippen molar-refractivity contribution < 1.29 is 13.6 Å². The van der Waals surface area contributed by atoms with Gasteiger partial charge in [0.2, 0.25) is 5.91 Å². The van der Waals surface area contributed by atoms with Gasteiger partial charge in [-0.05, 0) is 58.6 Å². The van der Waals surface area contributed by atoms with Gasteiger partial charge in [-0.25, -0.2) is 13.8 Å². The van der Waals surface area contributed by atoms with Crippen LogP contribution in [0.3, 0.4) is 0 Å². The largest absolute Gasteiger partial charge is 0.335 e. The normalized spacial score (nSPS) is 14.3. The second-order valence-electron chi connectivity index (χ2n) is 8.57. The van der Waals surface area contributed by atoms with Crippen LogP contribution in [-0.4, -0.2) is 39.1 Å². The number of amides is 1. The van der Waals surface area contributed by atoms with Crippen LogP contribution in [0.5, 0.6) is 0 Å². The number of benzene rings is 2. The first-order valence-corrected chi connectivity index (χ1v) is 12.3. The first-order chi connectivity index (χ1) is 16.7. The van der Waals surface area contributed by atoms with Gasteiger partial charge in [0.25, 0.3) is 5.56 Å². The molecule has 1 saturated heterocycles. The van der Waals surface area contributed by atoms with Crippen molar-refractivity contribution in [3.8, 4) is 23.0 Å². The van der Waals surface area contributed by atoms with Gasteiger partial charge in [0, 0.05) is 11.1 Å². The maximum atomic E-state index is 14.0. The minimum Gasteiger partial charge on any atom is -0.335 e. The second kappa shape index (κ2) is 9.02. The Kier molecular flexibility index (Phi) is 6.03. The first kappa shape index (κ1) is 23.4. The Hall–Kier alpha value is -3.35. The van der Waals surface area contributed by atoms with E-state index in [1.54, 1.807) is 12.1 Å². The monoisotopic (exact) mass is 553 g/mol. The molecule has 0 saturated carbocycles. The van der Waals surface area contributed by atoms with E-state index < -0.39 is 17.0 Å². The number of fused-ring (bicyclic) bond motifs is 1. The maximum Gasteiger partial charge on any atom is 0.263 e. The quantitative estimate of drug-likeness (QED) is 0.335. The molecule has 5 nitrogen and oxygen atoms in total. The van der Waals surface area contributed by atoms with Crippen molar-refractivity contribution in [3.63, 3.8) is 0 Å². The fourth-order valence-corrected chi connectivity index (χ4v) is 5.36. The van der Waals surface area contributed by atoms with Crippen LogP contribution in [0.4, 0.5) is 8.78 Å². The molecule has 1 fully saturated rings. The van der Waals surface area contributed by atoms with Gasteiger partial charge in [0.1, 0.15) is 22.9 Å². The number of carbonyl (C=O) groups excluding carboxylic acids is 1. The van der Waals surface area contributed by atoms with Crippen molar-refractivity contribution in [1.29, 1.82) is 0 Å². The minimum absolute atomic E-state index is 0.00277. The van der Waals surface area contributed by atoms with E-state index in [-0.39, 0.29) is 30.0 Å². The maximum absolute atomic E-state index is 14.0. The molecule has 3 heterocycles. The summed E-state index contributed by atoms with van der Waals surface area (Å²) < 4.78 is 29.3. The molecule has 2 aromatic heterocycles. The summed E-state index contributed by atoms with van der Waals surface area (Å²) in [4.78, 5) is 32.9. The summed E-state index contributed by atoms with van der Waals surface area (Å²) in [5, 5.41) is 0.306. The Labute approximate surface area is 212 Å². The molecule has 0 aliphatic carbocycles. The lowest BCUT2D eigenvalue weighted by Crippen LogP contribution is -2.60. The number of aromatic nitrogens is 2. The fourth-order valence-electron chi connectivity index (χ4n) is 3.98. The van der Waals surface area contributed by atoms with Crippen LogP contribution in [0.2, 0.25) is 0 Å². The molecule has 0 radical (unpaired) electrons. The highest BCUT2D eigenvalue weighted by Gasteiger charge is 2.41. The van der Waals surface area contributed by atoms with Crippen molar-refractivity contribution in [2.75, 3.05) is 13.1 Å². The summed E-state index contributed by atoms with van der Waals surface area (Å²) in [6.07, 6.45) is 1.33. The van der Waals surface area contributed by atoms with Gasteiger partial charge >= 0.3 is 0 Å². The van der Waals surface area contributed by atoms with Crippen molar-refractivity contribution in [2.45, 2.75) is 19.1 Å². The lowest BCUT2D eigenvalue weighted by atomic mass is 9.99. The van der Waals surface area contributed by atoms with E-state index in [0.717, 1.165) is 5.56 Å². The summed E-state index contributed by atoms with van der Waals surface area (Å²) in [5.41, 5.74) is 0.133. The predicted octanol–water partition coefficient (Wildman–Crippen LogP) is 5.00. The number of hydrogen-bond donors (Lipinski definition) is 0. The molecule has 0 bridgehead atoms. The zero-order valence-electron chi connectivity index (χ0n) is 18.5. The van der Waals surface area contributed by atoms with Gasteiger partial charge in [-0.3, -0.25) is 14.2 Å². The van der Waals surface area contributed by atoms with E-state index in [2.05, 4.69) is 32.8 Å². The third-order valence-corrected chi connectivity index (χ3v) is 7.30. The standard InChI is InChI=1S/C26H18BrF2N3O2S/c1-26(29)13-32(14-26)21(33)12-31-15-30-24-23(25(31)34)22(17-8-9-19(28)18(27)11-17)20(35-24)10-7-16-5-3-2-4-6-16/h2-6,8-9,11,15H,12-14H2,1H3. The number of hydrogen-bond acceptors (Lipinski definition) is 4. The number of thiophene rings is 1. The molecule has 2 aromatic carbocycles. The molecule has 1 amide bonds. The Bertz CT molecular complexity index is 1580. The van der Waals surface area contributed by atoms with E-state index in [4.69, 9.17) is 0 Å². The third-order valence-electron chi connectivity index (χ3n) is 5.68. The number of rotatable bonds is 3. The topological polar surface area (TPSA) is 55.2 Å². The molecule has 1 aliphatic rings. The average Bonchev–Trinajstić information content (AvgIpc) is 3.19. The molecule has 9 heteroatoms. The summed E-state index contributed by atoms with van der Waals surface area (Å²) in [6.45, 7) is 1.20. The molecule has 0 atom stereocenters. The summed E-state index contributed by atoms with van der Waals surface area (Å²) in [5.74, 6) is 5.46. The summed E-state index contributed by atoms with van der Waals surface area (Å²) >= 11 is 4.47. The van der Waals surface area contributed by atoms with E-state index in [1.165, 1.54) is 40.1 Å². The zero-order chi connectivity index (χ0) is 24.7. The Balaban J connectivity index is 1.62. The second-order valence-corrected chi connectivity index (χ2v) is 10.4. The molecular formula is C26H18BrF2N3O2S. The van der Waals surface area contributed by atoms with E-state index in [1.807, 2.05) is 30.3 Å². The van der Waals surface area contributed by atoms with Gasteiger partial charge in [-0.2, -0.15) is 0 Å². The molecule has 4 aromatic rings. The number of alkyl halides is 1. The number of carbonyl (C=O) groups is 1. The lowest BCUT2D eigenvalue weighted by Gasteiger charge is -2.42. The van der Waals surface area contributed by atoms with Crippen LogP contribution in [0.15, 0.2) is 64.1 Å². The molecule has 176 valence electrons.